The van der Waals surface area contributed by atoms with Gasteiger partial charge in [0.05, 0.1) is 37.2 Å². The van der Waals surface area contributed by atoms with Crippen LogP contribution in [-0.2, 0) is 42.3 Å². The van der Waals surface area contributed by atoms with Crippen LogP contribution in [0.4, 0.5) is 0 Å². The number of rotatable bonds is 10. The lowest BCUT2D eigenvalue weighted by atomic mass is 10.1. The van der Waals surface area contributed by atoms with Crippen LogP contribution in [0.1, 0.15) is 33.1 Å². The lowest BCUT2D eigenvalue weighted by molar-refractivity contribution is -0.00494. The quantitative estimate of drug-likeness (QED) is 0.330. The van der Waals surface area contributed by atoms with Crippen molar-refractivity contribution in [2.45, 2.75) is 64.1 Å². The smallest absolute Gasteiger partial charge is 0.210 e. The Labute approximate surface area is 162 Å². The molecule has 24 heavy (non-hydrogen) atoms. The Kier molecular flexibility index (Phi) is 6.69. The van der Waals surface area contributed by atoms with Gasteiger partial charge in [-0.1, -0.05) is 25.3 Å². The van der Waals surface area contributed by atoms with Gasteiger partial charge in [0.25, 0.3) is 0 Å². The van der Waals surface area contributed by atoms with Gasteiger partial charge in [-0.05, 0) is 27.0 Å². The van der Waals surface area contributed by atoms with Crippen molar-refractivity contribution in [1.82, 2.24) is 0 Å². The van der Waals surface area contributed by atoms with E-state index in [-0.39, 0.29) is 36.9 Å². The van der Waals surface area contributed by atoms with E-state index in [4.69, 9.17) is 51.4 Å². The summed E-state index contributed by atoms with van der Waals surface area (Å²) >= 11 is 10.8. The number of aliphatic hydroxyl groups is 1. The molecule has 1 N–H and O–H groups in total. The van der Waals surface area contributed by atoms with Crippen molar-refractivity contribution in [3.8, 4) is 0 Å². The molecule has 10 heteroatoms. The highest BCUT2D eigenvalue weighted by Gasteiger charge is 2.36. The molecule has 1 radical (unpaired) electrons. The van der Waals surface area contributed by atoms with E-state index in [0.29, 0.717) is 18.9 Å². The number of ether oxygens (including phenoxy) is 1. The summed E-state index contributed by atoms with van der Waals surface area (Å²) < 4.78 is 45.6. The molecule has 1 aliphatic heterocycles. The van der Waals surface area contributed by atoms with Gasteiger partial charge in [-0.15, -0.1) is 0 Å². The summed E-state index contributed by atoms with van der Waals surface area (Å²) in [5, 5.41) is 4.80. The summed E-state index contributed by atoms with van der Waals surface area (Å²) in [5.74, 6) is 0.590. The highest BCUT2D eigenvalue weighted by Crippen LogP contribution is 2.50. The normalized spacial score (nSPS) is 43.4. The fraction of sp³-hybridized carbons (Fsp3) is 1.00. The average Bonchev–Trinajstić information content (AvgIpc) is 3.12. The van der Waals surface area contributed by atoms with Crippen molar-refractivity contribution in [3.63, 3.8) is 0 Å². The molecule has 0 aromatic rings. The minimum Gasteiger partial charge on any atom is -0.691 e. The summed E-state index contributed by atoms with van der Waals surface area (Å²) in [7, 11) is -1.79. The third kappa shape index (κ3) is 6.67. The third-order valence-corrected chi connectivity index (χ3v) is 7.20. The van der Waals surface area contributed by atoms with E-state index in [9.17, 15) is 0 Å². The molecule has 8 atom stereocenters. The van der Waals surface area contributed by atoms with Crippen LogP contribution in [0, 0.1) is 11.8 Å². The van der Waals surface area contributed by atoms with Gasteiger partial charge in [0, 0.05) is 13.6 Å². The first kappa shape index (κ1) is 17.2. The van der Waals surface area contributed by atoms with E-state index in [1.807, 2.05) is 6.92 Å². The standard InChI is InChI=1S/C14H29BO5PS2Si/c1-9-4-11(12(16)5-9)7-17-21(22,23)20-13-6-10(2)19-14(13)8-18-24(3)15/h9-16,24H,4-8H2,1-3H3,(H,22,23)/p-1/i15T,16T,24D. The van der Waals surface area contributed by atoms with Crippen molar-refractivity contribution in [3.05, 3.63) is 0 Å². The van der Waals surface area contributed by atoms with Gasteiger partial charge in [-0.3, -0.25) is 0 Å². The number of hydrogen-bond donors (Lipinski definition) is 1. The summed E-state index contributed by atoms with van der Waals surface area (Å²) in [5.41, 5.74) is -2.90. The van der Waals surface area contributed by atoms with Gasteiger partial charge in [-0.25, -0.2) is 0 Å². The van der Waals surface area contributed by atoms with Gasteiger partial charge in [0.15, 0.2) is 0 Å². The van der Waals surface area contributed by atoms with Crippen molar-refractivity contribution < 1.29 is 23.3 Å². The minimum atomic E-state index is -2.90. The Morgan fingerprint density at radius 2 is 2.33 bits per heavy atom. The van der Waals surface area contributed by atoms with Crippen LogP contribution in [-0.4, -0.2) is 63.0 Å². The van der Waals surface area contributed by atoms with E-state index in [0.717, 1.165) is 20.2 Å². The maximum atomic E-state index is 7.94. The molecule has 8 unspecified atom stereocenters. The van der Waals surface area contributed by atoms with Crippen LogP contribution in [0.25, 0.3) is 0 Å². The molecule has 0 aromatic carbocycles. The first-order valence-electron chi connectivity index (χ1n) is 9.82. The monoisotopic (exact) mass is 415 g/mol. The molecule has 2 fully saturated rings. The van der Waals surface area contributed by atoms with Crippen LogP contribution in [0.15, 0.2) is 0 Å². The molecular weight excluding hydrogens is 382 g/mol. The molecule has 0 spiro atoms. The molecule has 139 valence electrons. The van der Waals surface area contributed by atoms with Crippen molar-refractivity contribution in [2.24, 2.45) is 11.8 Å². The van der Waals surface area contributed by atoms with E-state index in [2.05, 4.69) is 6.92 Å². The molecule has 0 amide bonds. The zero-order valence-electron chi connectivity index (χ0n) is 17.4. The van der Waals surface area contributed by atoms with E-state index < -0.39 is 14.5 Å². The van der Waals surface area contributed by atoms with Gasteiger partial charge in [0.1, 0.15) is 22.3 Å². The van der Waals surface area contributed by atoms with Crippen LogP contribution < -0.4 is 0 Å². The van der Waals surface area contributed by atoms with Gasteiger partial charge >= 0.3 is 0 Å². The molecule has 0 bridgehead atoms. The molecule has 5 nitrogen and oxygen atoms in total. The molecule has 2 aliphatic rings. The number of hydrogen-bond acceptors (Lipinski definition) is 7. The Hall–Kier alpha value is 1.08. The highest BCUT2D eigenvalue weighted by atomic mass is 32.9. The largest absolute Gasteiger partial charge is 0.691 e. The summed E-state index contributed by atoms with van der Waals surface area (Å²) in [6.45, 7) is 6.21. The zero-order valence-corrected chi connectivity index (χ0v) is 17.9. The average molecular weight is 415 g/mol. The predicted octanol–water partition coefficient (Wildman–Crippen LogP) is 1.51. The molecule has 1 heterocycles. The topological polar surface area (TPSA) is 57.2 Å². The van der Waals surface area contributed by atoms with Crippen molar-refractivity contribution in [1.29, 1.82) is 4.00 Å². The predicted molar refractivity (Wildman–Crippen MR) is 105 cm³/mol. The van der Waals surface area contributed by atoms with E-state index in [1.165, 1.54) is 0 Å². The summed E-state index contributed by atoms with van der Waals surface area (Å²) in [6, 6.07) is 0. The molecule has 1 aliphatic carbocycles. The van der Waals surface area contributed by atoms with E-state index >= 15 is 0 Å². The maximum Gasteiger partial charge on any atom is 0.210 e. The Morgan fingerprint density at radius 1 is 1.54 bits per heavy atom. The SMILES string of the molecule is [2H][Si](C)([B][3H])OCC1OC(C)CC1OP(=S)([S-])OCC1CC(C)CC1O[3H]. The first-order valence-corrected chi connectivity index (χ1v) is 14.0. The van der Waals surface area contributed by atoms with Crippen LogP contribution in [0.2, 0.25) is 6.55 Å². The van der Waals surface area contributed by atoms with Gasteiger partial charge < -0.3 is 35.6 Å². The Bertz CT molecular complexity index is 541. The zero-order chi connectivity index (χ0) is 20.2. The molecule has 1 saturated heterocycles. The fourth-order valence-electron chi connectivity index (χ4n) is 3.30. The Balaban J connectivity index is 1.87. The molecular formula is C14H28BO5PS2Si-. The number of aliphatic hydroxyl groups excluding tert-OH is 1. The minimum absolute atomic E-state index is 0.0241. The van der Waals surface area contributed by atoms with Gasteiger partial charge in [-0.2, -0.15) is 0 Å². The second kappa shape index (κ2) is 9.33. The summed E-state index contributed by atoms with van der Waals surface area (Å²) in [6.07, 6.45) is 1.50. The Morgan fingerprint density at radius 3 is 3.04 bits per heavy atom. The van der Waals surface area contributed by atoms with E-state index in [1.54, 1.807) is 6.55 Å². The van der Waals surface area contributed by atoms with Crippen molar-refractivity contribution in [2.75, 3.05) is 13.2 Å². The molecule has 0 aromatic heterocycles. The van der Waals surface area contributed by atoms with Crippen molar-refractivity contribution >= 4 is 46.0 Å². The lowest BCUT2D eigenvalue weighted by Gasteiger charge is -2.34. The van der Waals surface area contributed by atoms with Crippen LogP contribution in [0.5, 0.6) is 0 Å². The lowest BCUT2D eigenvalue weighted by Crippen LogP contribution is -2.31. The van der Waals surface area contributed by atoms with Crippen LogP contribution in [0.3, 0.4) is 0 Å². The fourth-order valence-corrected chi connectivity index (χ4v) is 5.75. The highest BCUT2D eigenvalue weighted by molar-refractivity contribution is 8.51. The van der Waals surface area contributed by atoms with Crippen LogP contribution >= 0.6 is 5.69 Å². The second-order valence-corrected chi connectivity index (χ2v) is 13.4. The molecule has 1 saturated carbocycles. The summed E-state index contributed by atoms with van der Waals surface area (Å²) in [4.78, 5) is 0. The molecule has 2 rings (SSSR count). The first-order chi connectivity index (χ1) is 12.5. The maximum absolute atomic E-state index is 7.94. The third-order valence-electron chi connectivity index (χ3n) is 4.44. The second-order valence-electron chi connectivity index (χ2n) is 6.90. The van der Waals surface area contributed by atoms with Gasteiger partial charge in [0.2, 0.25) is 1.43 Å².